The standard InChI is InChI=1S/C10H16ClN3S.ClH/c1-12-8-2-4-14(5-3-8)7-10-13-6-9(11)15-10;/h6,8,12H,2-5,7H2,1H3;1H. The van der Waals surface area contributed by atoms with Crippen LogP contribution in [0.2, 0.25) is 4.34 Å². The summed E-state index contributed by atoms with van der Waals surface area (Å²) in [7, 11) is 2.04. The molecule has 1 aromatic heterocycles. The largest absolute Gasteiger partial charge is 0.317 e. The molecule has 0 radical (unpaired) electrons. The normalized spacial score (nSPS) is 18.4. The van der Waals surface area contributed by atoms with Crippen LogP contribution in [0.4, 0.5) is 0 Å². The quantitative estimate of drug-likeness (QED) is 0.922. The Hall–Kier alpha value is 0.130. The molecule has 16 heavy (non-hydrogen) atoms. The lowest BCUT2D eigenvalue weighted by molar-refractivity contribution is 0.194. The molecule has 0 spiro atoms. The van der Waals surface area contributed by atoms with Crippen LogP contribution in [-0.2, 0) is 6.54 Å². The predicted molar refractivity (Wildman–Crippen MR) is 71.7 cm³/mol. The summed E-state index contributed by atoms with van der Waals surface area (Å²) in [5, 5.41) is 4.46. The molecule has 0 bridgehead atoms. The van der Waals surface area contributed by atoms with Crippen molar-refractivity contribution < 1.29 is 0 Å². The minimum Gasteiger partial charge on any atom is -0.317 e. The van der Waals surface area contributed by atoms with Gasteiger partial charge in [0, 0.05) is 19.1 Å². The van der Waals surface area contributed by atoms with E-state index in [1.807, 2.05) is 7.05 Å². The van der Waals surface area contributed by atoms with Gasteiger partial charge in [0.25, 0.3) is 0 Å². The molecular weight excluding hydrogens is 265 g/mol. The summed E-state index contributed by atoms with van der Waals surface area (Å²) in [5.74, 6) is 0. The Kier molecular flexibility index (Phi) is 6.00. The van der Waals surface area contributed by atoms with Crippen LogP contribution < -0.4 is 5.32 Å². The van der Waals surface area contributed by atoms with Crippen LogP contribution in [-0.4, -0.2) is 36.1 Å². The first-order valence-electron chi connectivity index (χ1n) is 5.28. The number of hydrogen-bond donors (Lipinski definition) is 1. The topological polar surface area (TPSA) is 28.2 Å². The third-order valence-corrected chi connectivity index (χ3v) is 3.98. The van der Waals surface area contributed by atoms with E-state index >= 15 is 0 Å². The Morgan fingerprint density at radius 2 is 2.25 bits per heavy atom. The monoisotopic (exact) mass is 281 g/mol. The Balaban J connectivity index is 0.00000128. The van der Waals surface area contributed by atoms with Gasteiger partial charge in [-0.05, 0) is 19.9 Å². The highest BCUT2D eigenvalue weighted by molar-refractivity contribution is 7.15. The second-order valence-electron chi connectivity index (χ2n) is 3.90. The average Bonchev–Trinajstić information content (AvgIpc) is 2.65. The third-order valence-electron chi connectivity index (χ3n) is 2.88. The maximum atomic E-state index is 5.85. The molecule has 2 rings (SSSR count). The zero-order valence-electron chi connectivity index (χ0n) is 9.28. The first-order chi connectivity index (χ1) is 7.28. The first kappa shape index (κ1) is 14.2. The molecule has 1 aliphatic heterocycles. The van der Waals surface area contributed by atoms with Gasteiger partial charge in [0.15, 0.2) is 0 Å². The summed E-state index contributed by atoms with van der Waals surface area (Å²) in [6.07, 6.45) is 4.20. The number of thiazole rings is 1. The molecular formula is C10H17Cl2N3S. The maximum Gasteiger partial charge on any atom is 0.113 e. The van der Waals surface area contributed by atoms with Crippen LogP contribution in [0.25, 0.3) is 0 Å². The van der Waals surface area contributed by atoms with Gasteiger partial charge >= 0.3 is 0 Å². The molecule has 1 N–H and O–H groups in total. The van der Waals surface area contributed by atoms with Gasteiger partial charge in [-0.2, -0.15) is 0 Å². The molecule has 6 heteroatoms. The van der Waals surface area contributed by atoms with E-state index in [1.165, 1.54) is 12.8 Å². The zero-order chi connectivity index (χ0) is 10.7. The molecule has 1 fully saturated rings. The van der Waals surface area contributed by atoms with Crippen molar-refractivity contribution in [2.45, 2.75) is 25.4 Å². The molecule has 92 valence electrons. The van der Waals surface area contributed by atoms with E-state index < -0.39 is 0 Å². The van der Waals surface area contributed by atoms with E-state index in [4.69, 9.17) is 11.6 Å². The van der Waals surface area contributed by atoms with E-state index in [1.54, 1.807) is 17.5 Å². The number of hydrogen-bond acceptors (Lipinski definition) is 4. The summed E-state index contributed by atoms with van der Waals surface area (Å²) in [6, 6.07) is 0.695. The minimum atomic E-state index is 0. The molecule has 1 aliphatic rings. The van der Waals surface area contributed by atoms with Gasteiger partial charge in [0.05, 0.1) is 12.7 Å². The number of likely N-dealkylation sites (tertiary alicyclic amines) is 1. The molecule has 1 aromatic rings. The lowest BCUT2D eigenvalue weighted by Crippen LogP contribution is -2.40. The number of rotatable bonds is 3. The van der Waals surface area contributed by atoms with Crippen molar-refractivity contribution in [1.82, 2.24) is 15.2 Å². The molecule has 0 aromatic carbocycles. The van der Waals surface area contributed by atoms with Crippen LogP contribution in [0.5, 0.6) is 0 Å². The fraction of sp³-hybridized carbons (Fsp3) is 0.700. The van der Waals surface area contributed by atoms with Crippen molar-refractivity contribution in [2.75, 3.05) is 20.1 Å². The molecule has 0 amide bonds. The van der Waals surface area contributed by atoms with Crippen molar-refractivity contribution in [2.24, 2.45) is 0 Å². The molecule has 2 heterocycles. The highest BCUT2D eigenvalue weighted by atomic mass is 35.5. The molecule has 1 saturated heterocycles. The number of aromatic nitrogens is 1. The smallest absolute Gasteiger partial charge is 0.113 e. The van der Waals surface area contributed by atoms with Gasteiger partial charge in [-0.25, -0.2) is 4.98 Å². The molecule has 0 saturated carbocycles. The Bertz CT molecular complexity index is 311. The van der Waals surface area contributed by atoms with E-state index in [9.17, 15) is 0 Å². The molecule has 0 aliphatic carbocycles. The molecule has 0 unspecified atom stereocenters. The Morgan fingerprint density at radius 1 is 1.56 bits per heavy atom. The highest BCUT2D eigenvalue weighted by Gasteiger charge is 2.18. The maximum absolute atomic E-state index is 5.85. The zero-order valence-corrected chi connectivity index (χ0v) is 11.7. The summed E-state index contributed by atoms with van der Waals surface area (Å²) in [5.41, 5.74) is 0. The van der Waals surface area contributed by atoms with Gasteiger partial charge in [-0.1, -0.05) is 11.6 Å². The van der Waals surface area contributed by atoms with E-state index in [2.05, 4.69) is 15.2 Å². The number of halogens is 2. The SMILES string of the molecule is CNC1CCN(Cc2ncc(Cl)s2)CC1.Cl. The lowest BCUT2D eigenvalue weighted by Gasteiger charge is -2.30. The van der Waals surface area contributed by atoms with Gasteiger partial charge in [0.2, 0.25) is 0 Å². The van der Waals surface area contributed by atoms with Gasteiger partial charge in [-0.3, -0.25) is 4.90 Å². The number of nitrogens with one attached hydrogen (secondary N) is 1. The van der Waals surface area contributed by atoms with E-state index in [-0.39, 0.29) is 12.4 Å². The predicted octanol–water partition coefficient (Wildman–Crippen LogP) is 2.40. The Morgan fingerprint density at radius 3 is 2.75 bits per heavy atom. The highest BCUT2D eigenvalue weighted by Crippen LogP contribution is 2.21. The van der Waals surface area contributed by atoms with E-state index in [0.29, 0.717) is 6.04 Å². The molecule has 0 atom stereocenters. The van der Waals surface area contributed by atoms with Crippen molar-refractivity contribution in [3.63, 3.8) is 0 Å². The van der Waals surface area contributed by atoms with E-state index in [0.717, 1.165) is 29.0 Å². The Labute approximate surface area is 112 Å². The van der Waals surface area contributed by atoms with Crippen molar-refractivity contribution in [1.29, 1.82) is 0 Å². The van der Waals surface area contributed by atoms with Gasteiger partial charge in [0.1, 0.15) is 9.34 Å². The van der Waals surface area contributed by atoms with Crippen LogP contribution in [0.15, 0.2) is 6.20 Å². The number of nitrogens with zero attached hydrogens (tertiary/aromatic N) is 2. The molecule has 3 nitrogen and oxygen atoms in total. The number of piperidine rings is 1. The first-order valence-corrected chi connectivity index (χ1v) is 6.47. The second-order valence-corrected chi connectivity index (χ2v) is 5.64. The van der Waals surface area contributed by atoms with Crippen molar-refractivity contribution >= 4 is 35.3 Å². The fourth-order valence-corrected chi connectivity index (χ4v) is 2.93. The lowest BCUT2D eigenvalue weighted by atomic mass is 10.1. The van der Waals surface area contributed by atoms with Crippen molar-refractivity contribution in [3.8, 4) is 0 Å². The van der Waals surface area contributed by atoms with Gasteiger partial charge in [-0.15, -0.1) is 23.7 Å². The van der Waals surface area contributed by atoms with Crippen LogP contribution in [0, 0.1) is 0 Å². The average molecular weight is 282 g/mol. The summed E-state index contributed by atoms with van der Waals surface area (Å²) < 4.78 is 0.787. The minimum absolute atomic E-state index is 0. The third kappa shape index (κ3) is 3.86. The summed E-state index contributed by atoms with van der Waals surface area (Å²) in [6.45, 7) is 3.26. The van der Waals surface area contributed by atoms with Crippen LogP contribution in [0.3, 0.4) is 0 Å². The van der Waals surface area contributed by atoms with Gasteiger partial charge < -0.3 is 5.32 Å². The van der Waals surface area contributed by atoms with Crippen molar-refractivity contribution in [3.05, 3.63) is 15.5 Å². The summed E-state index contributed by atoms with van der Waals surface area (Å²) >= 11 is 7.44. The van der Waals surface area contributed by atoms with Crippen LogP contribution in [0.1, 0.15) is 17.8 Å². The summed E-state index contributed by atoms with van der Waals surface area (Å²) in [4.78, 5) is 6.73. The fourth-order valence-electron chi connectivity index (χ4n) is 1.93. The van der Waals surface area contributed by atoms with Crippen LogP contribution >= 0.6 is 35.3 Å². The second kappa shape index (κ2) is 6.77.